The number of amides is 2. The SMILES string of the molecule is O=C(Nc1cncc(OCC(F)(F)F)n1)N1C[C@@H]2C(CO)[C@@H]2C1. The van der Waals surface area contributed by atoms with Crippen LogP contribution in [0.25, 0.3) is 0 Å². The number of likely N-dealkylation sites (tertiary alicyclic amines) is 1. The summed E-state index contributed by atoms with van der Waals surface area (Å²) in [4.78, 5) is 21.1. The van der Waals surface area contributed by atoms with Gasteiger partial charge in [-0.3, -0.25) is 10.3 Å². The molecule has 1 aliphatic carbocycles. The number of halogens is 3. The van der Waals surface area contributed by atoms with E-state index < -0.39 is 18.8 Å². The summed E-state index contributed by atoms with van der Waals surface area (Å²) in [6, 6.07) is -0.392. The molecule has 1 aromatic heterocycles. The van der Waals surface area contributed by atoms with Crippen molar-refractivity contribution in [2.24, 2.45) is 17.8 Å². The van der Waals surface area contributed by atoms with Crippen LogP contribution in [-0.2, 0) is 0 Å². The van der Waals surface area contributed by atoms with Crippen molar-refractivity contribution in [1.82, 2.24) is 14.9 Å². The molecule has 2 amide bonds. The Labute approximate surface area is 129 Å². The molecular formula is C13H15F3N4O3. The van der Waals surface area contributed by atoms with Crippen LogP contribution in [-0.4, -0.2) is 58.5 Å². The molecular weight excluding hydrogens is 317 g/mol. The molecule has 23 heavy (non-hydrogen) atoms. The van der Waals surface area contributed by atoms with Crippen molar-refractivity contribution in [2.45, 2.75) is 6.18 Å². The van der Waals surface area contributed by atoms with E-state index in [1.54, 1.807) is 4.90 Å². The summed E-state index contributed by atoms with van der Waals surface area (Å²) in [5, 5.41) is 11.6. The van der Waals surface area contributed by atoms with Crippen LogP contribution in [0.2, 0.25) is 0 Å². The summed E-state index contributed by atoms with van der Waals surface area (Å²) < 4.78 is 40.8. The fraction of sp³-hybridized carbons (Fsp3) is 0.615. The number of aliphatic hydroxyl groups excluding tert-OH is 1. The summed E-state index contributed by atoms with van der Waals surface area (Å²) >= 11 is 0. The van der Waals surface area contributed by atoms with Crippen molar-refractivity contribution in [2.75, 3.05) is 31.6 Å². The number of hydrogen-bond acceptors (Lipinski definition) is 5. The number of anilines is 1. The average Bonchev–Trinajstić information content (AvgIpc) is 2.96. The van der Waals surface area contributed by atoms with Gasteiger partial charge in [0.05, 0.1) is 12.4 Å². The highest BCUT2D eigenvalue weighted by Gasteiger charge is 2.56. The quantitative estimate of drug-likeness (QED) is 0.863. The van der Waals surface area contributed by atoms with Crippen LogP contribution >= 0.6 is 0 Å². The summed E-state index contributed by atoms with van der Waals surface area (Å²) in [5.74, 6) is 0.646. The van der Waals surface area contributed by atoms with E-state index in [1.807, 2.05) is 0 Å². The van der Waals surface area contributed by atoms with Gasteiger partial charge in [-0.05, 0) is 17.8 Å². The number of rotatable bonds is 4. The highest BCUT2D eigenvalue weighted by atomic mass is 19.4. The Morgan fingerprint density at radius 1 is 1.39 bits per heavy atom. The fourth-order valence-corrected chi connectivity index (χ4v) is 2.91. The second-order valence-electron chi connectivity index (χ2n) is 5.66. The van der Waals surface area contributed by atoms with E-state index in [9.17, 15) is 18.0 Å². The highest BCUT2D eigenvalue weighted by molar-refractivity contribution is 5.88. The van der Waals surface area contributed by atoms with Gasteiger partial charge in [-0.2, -0.15) is 18.2 Å². The van der Waals surface area contributed by atoms with E-state index in [4.69, 9.17) is 5.11 Å². The van der Waals surface area contributed by atoms with Crippen LogP contribution in [0, 0.1) is 17.8 Å². The Kier molecular flexibility index (Phi) is 4.00. The van der Waals surface area contributed by atoms with Gasteiger partial charge in [0, 0.05) is 19.7 Å². The first kappa shape index (κ1) is 15.8. The minimum Gasteiger partial charge on any atom is -0.467 e. The zero-order chi connectivity index (χ0) is 16.6. The van der Waals surface area contributed by atoms with E-state index in [-0.39, 0.29) is 24.2 Å². The molecule has 10 heteroatoms. The molecule has 7 nitrogen and oxygen atoms in total. The maximum atomic E-state index is 12.1. The van der Waals surface area contributed by atoms with Crippen molar-refractivity contribution in [1.29, 1.82) is 0 Å². The fourth-order valence-electron chi connectivity index (χ4n) is 2.91. The Hall–Kier alpha value is -2.10. The Bertz CT molecular complexity index is 586. The largest absolute Gasteiger partial charge is 0.467 e. The van der Waals surface area contributed by atoms with Crippen LogP contribution < -0.4 is 10.1 Å². The van der Waals surface area contributed by atoms with E-state index in [0.29, 0.717) is 24.9 Å². The standard InChI is InChI=1S/C13H15F3N4O3/c14-13(15,16)6-23-11-2-17-1-10(18-11)19-12(22)20-3-7-8(4-20)9(7)5-21/h1-2,7-9,21H,3-6H2,(H,18,19,22)/t7-,8+,9?. The molecule has 1 aromatic rings. The lowest BCUT2D eigenvalue weighted by Gasteiger charge is -2.19. The van der Waals surface area contributed by atoms with Crippen LogP contribution in [0.5, 0.6) is 5.88 Å². The van der Waals surface area contributed by atoms with E-state index >= 15 is 0 Å². The van der Waals surface area contributed by atoms with E-state index in [1.165, 1.54) is 6.20 Å². The summed E-state index contributed by atoms with van der Waals surface area (Å²) in [6.45, 7) is -0.231. The Morgan fingerprint density at radius 3 is 2.70 bits per heavy atom. The van der Waals surface area contributed by atoms with Gasteiger partial charge in [-0.25, -0.2) is 4.79 Å². The van der Waals surface area contributed by atoms with Crippen molar-refractivity contribution in [3.05, 3.63) is 12.4 Å². The van der Waals surface area contributed by atoms with Gasteiger partial charge in [-0.15, -0.1) is 0 Å². The number of piperidine rings is 1. The minimum atomic E-state index is -4.47. The first-order valence-corrected chi connectivity index (χ1v) is 7.06. The predicted octanol–water partition coefficient (Wildman–Crippen LogP) is 1.12. The normalized spacial score (nSPS) is 25.9. The first-order valence-electron chi connectivity index (χ1n) is 7.06. The van der Waals surface area contributed by atoms with Gasteiger partial charge < -0.3 is 14.7 Å². The highest BCUT2D eigenvalue weighted by Crippen LogP contribution is 2.51. The van der Waals surface area contributed by atoms with Crippen molar-refractivity contribution in [3.8, 4) is 5.88 Å². The van der Waals surface area contributed by atoms with Crippen molar-refractivity contribution >= 4 is 11.8 Å². The Balaban J connectivity index is 1.53. The Morgan fingerprint density at radius 2 is 2.09 bits per heavy atom. The number of ether oxygens (including phenoxy) is 1. The first-order chi connectivity index (χ1) is 10.9. The second kappa shape index (κ2) is 5.84. The number of urea groups is 1. The molecule has 1 aliphatic heterocycles. The number of alkyl halides is 3. The third-order valence-corrected chi connectivity index (χ3v) is 4.10. The van der Waals surface area contributed by atoms with Gasteiger partial charge >= 0.3 is 12.2 Å². The lowest BCUT2D eigenvalue weighted by Crippen LogP contribution is -2.35. The molecule has 1 unspecified atom stereocenters. The summed E-state index contributed by atoms with van der Waals surface area (Å²) in [5.41, 5.74) is 0. The zero-order valence-electron chi connectivity index (χ0n) is 12.0. The molecule has 0 radical (unpaired) electrons. The molecule has 1 saturated carbocycles. The number of nitrogens with zero attached hydrogens (tertiary/aromatic N) is 3. The smallest absolute Gasteiger partial charge is 0.422 e. The van der Waals surface area contributed by atoms with E-state index in [2.05, 4.69) is 20.0 Å². The van der Waals surface area contributed by atoms with Crippen LogP contribution in [0.3, 0.4) is 0 Å². The molecule has 2 aliphatic rings. The number of aromatic nitrogens is 2. The number of fused-ring (bicyclic) bond motifs is 1. The number of carbonyl (C=O) groups is 1. The molecule has 3 rings (SSSR count). The van der Waals surface area contributed by atoms with Gasteiger partial charge in [0.2, 0.25) is 5.88 Å². The van der Waals surface area contributed by atoms with Gasteiger partial charge in [0.15, 0.2) is 12.4 Å². The van der Waals surface area contributed by atoms with Gasteiger partial charge in [-0.1, -0.05) is 0 Å². The van der Waals surface area contributed by atoms with Crippen LogP contribution in [0.1, 0.15) is 0 Å². The monoisotopic (exact) mass is 332 g/mol. The zero-order valence-corrected chi connectivity index (χ0v) is 12.0. The van der Waals surface area contributed by atoms with Crippen molar-refractivity contribution < 1.29 is 27.8 Å². The maximum absolute atomic E-state index is 12.1. The summed E-state index contributed by atoms with van der Waals surface area (Å²) in [7, 11) is 0. The number of aliphatic hydroxyl groups is 1. The number of nitrogens with one attached hydrogen (secondary N) is 1. The van der Waals surface area contributed by atoms with E-state index in [0.717, 1.165) is 6.20 Å². The topological polar surface area (TPSA) is 87.6 Å². The lowest BCUT2D eigenvalue weighted by atomic mass is 10.3. The average molecular weight is 332 g/mol. The predicted molar refractivity (Wildman–Crippen MR) is 71.7 cm³/mol. The molecule has 0 spiro atoms. The number of carbonyl (C=O) groups excluding carboxylic acids is 1. The molecule has 1 saturated heterocycles. The maximum Gasteiger partial charge on any atom is 0.422 e. The van der Waals surface area contributed by atoms with Crippen LogP contribution in [0.4, 0.5) is 23.8 Å². The molecule has 2 heterocycles. The summed E-state index contributed by atoms with van der Waals surface area (Å²) in [6.07, 6.45) is -2.20. The van der Waals surface area contributed by atoms with Gasteiger partial charge in [0.1, 0.15) is 0 Å². The molecule has 2 fully saturated rings. The van der Waals surface area contributed by atoms with Crippen LogP contribution in [0.15, 0.2) is 12.4 Å². The second-order valence-corrected chi connectivity index (χ2v) is 5.66. The third-order valence-electron chi connectivity index (χ3n) is 4.10. The molecule has 3 atom stereocenters. The third kappa shape index (κ3) is 3.63. The molecule has 0 bridgehead atoms. The molecule has 126 valence electrons. The molecule has 0 aromatic carbocycles. The minimum absolute atomic E-state index is 0.0222. The number of hydrogen-bond donors (Lipinski definition) is 2. The lowest BCUT2D eigenvalue weighted by molar-refractivity contribution is -0.154. The van der Waals surface area contributed by atoms with Crippen molar-refractivity contribution in [3.63, 3.8) is 0 Å². The van der Waals surface area contributed by atoms with Gasteiger partial charge in [0.25, 0.3) is 0 Å². The molecule has 2 N–H and O–H groups in total.